The van der Waals surface area contributed by atoms with Crippen LogP contribution in [0.2, 0.25) is 0 Å². The van der Waals surface area contributed by atoms with Gasteiger partial charge in [-0.15, -0.1) is 11.3 Å². The molecule has 1 aliphatic heterocycles. The number of furan rings is 1. The van der Waals surface area contributed by atoms with Crippen molar-refractivity contribution in [1.29, 1.82) is 0 Å². The highest BCUT2D eigenvalue weighted by atomic mass is 32.1. The zero-order valence-electron chi connectivity index (χ0n) is 18.5. The summed E-state index contributed by atoms with van der Waals surface area (Å²) in [6, 6.07) is 21.6. The number of anilines is 1. The maximum atomic E-state index is 13.7. The molecule has 1 fully saturated rings. The minimum Gasteiger partial charge on any atom is -0.462 e. The molecular weight excluding hydrogens is 446 g/mol. The molecule has 0 unspecified atom stereocenters. The third kappa shape index (κ3) is 3.86. The Morgan fingerprint density at radius 2 is 1.76 bits per heavy atom. The number of nitrogens with zero attached hydrogens (tertiary/aromatic N) is 4. The second-order valence-corrected chi connectivity index (χ2v) is 9.25. The van der Waals surface area contributed by atoms with Crippen molar-refractivity contribution < 1.29 is 9.21 Å². The first kappa shape index (κ1) is 20.7. The van der Waals surface area contributed by atoms with Crippen LogP contribution in [0.4, 0.5) is 5.95 Å². The molecule has 1 N–H and O–H groups in total. The molecule has 6 rings (SSSR count). The molecule has 0 saturated carbocycles. The van der Waals surface area contributed by atoms with Crippen LogP contribution in [-0.2, 0) is 0 Å². The highest BCUT2D eigenvalue weighted by Gasteiger charge is 2.27. The lowest BCUT2D eigenvalue weighted by Crippen LogP contribution is -2.35. The van der Waals surface area contributed by atoms with Gasteiger partial charge in [-0.1, -0.05) is 42.5 Å². The van der Waals surface area contributed by atoms with Gasteiger partial charge >= 0.3 is 0 Å². The number of benzene rings is 2. The SMILES string of the molecule is O=C(c1sc(-c2ccco2)nc1-c1ccccc1)N1CCCN(c2nc3ccccc3[nH]2)CC1. The summed E-state index contributed by atoms with van der Waals surface area (Å²) in [6.07, 6.45) is 2.50. The lowest BCUT2D eigenvalue weighted by Gasteiger charge is -2.21. The van der Waals surface area contributed by atoms with Gasteiger partial charge in [0.1, 0.15) is 4.88 Å². The number of rotatable bonds is 4. The fourth-order valence-corrected chi connectivity index (χ4v) is 5.35. The van der Waals surface area contributed by atoms with Gasteiger partial charge in [0.15, 0.2) is 10.8 Å². The summed E-state index contributed by atoms with van der Waals surface area (Å²) >= 11 is 1.39. The maximum absolute atomic E-state index is 13.7. The van der Waals surface area contributed by atoms with Crippen molar-refractivity contribution in [2.75, 3.05) is 31.1 Å². The number of hydrogen-bond acceptors (Lipinski definition) is 6. The fraction of sp³-hybridized carbons (Fsp3) is 0.192. The van der Waals surface area contributed by atoms with E-state index in [1.54, 1.807) is 6.26 Å². The third-order valence-corrected chi connectivity index (χ3v) is 7.12. The minimum absolute atomic E-state index is 0.0145. The van der Waals surface area contributed by atoms with E-state index in [2.05, 4.69) is 9.88 Å². The van der Waals surface area contributed by atoms with Gasteiger partial charge in [0.2, 0.25) is 5.95 Å². The Bertz CT molecular complexity index is 1390. The van der Waals surface area contributed by atoms with E-state index in [4.69, 9.17) is 14.4 Å². The monoisotopic (exact) mass is 469 g/mol. The number of H-pyrrole nitrogens is 1. The molecule has 0 bridgehead atoms. The molecule has 0 radical (unpaired) electrons. The molecule has 0 aliphatic carbocycles. The summed E-state index contributed by atoms with van der Waals surface area (Å²) < 4.78 is 5.56. The van der Waals surface area contributed by atoms with Crippen LogP contribution in [0.3, 0.4) is 0 Å². The van der Waals surface area contributed by atoms with E-state index in [0.717, 1.165) is 42.1 Å². The van der Waals surface area contributed by atoms with Gasteiger partial charge in [-0.3, -0.25) is 4.79 Å². The van der Waals surface area contributed by atoms with Gasteiger partial charge in [0.25, 0.3) is 5.91 Å². The van der Waals surface area contributed by atoms with E-state index in [0.29, 0.717) is 34.4 Å². The van der Waals surface area contributed by atoms with Crippen LogP contribution in [-0.4, -0.2) is 51.9 Å². The number of aromatic nitrogens is 3. The van der Waals surface area contributed by atoms with Gasteiger partial charge in [0, 0.05) is 31.7 Å². The van der Waals surface area contributed by atoms with Crippen molar-refractivity contribution in [1.82, 2.24) is 19.9 Å². The van der Waals surface area contributed by atoms with Gasteiger partial charge < -0.3 is 19.2 Å². The second-order valence-electron chi connectivity index (χ2n) is 8.25. The molecule has 170 valence electrons. The fourth-order valence-electron chi connectivity index (χ4n) is 4.33. The summed E-state index contributed by atoms with van der Waals surface area (Å²) in [4.78, 5) is 31.5. The zero-order chi connectivity index (χ0) is 22.9. The first-order valence-electron chi connectivity index (χ1n) is 11.4. The van der Waals surface area contributed by atoms with Crippen molar-refractivity contribution in [2.24, 2.45) is 0 Å². The normalized spacial score (nSPS) is 14.5. The summed E-state index contributed by atoms with van der Waals surface area (Å²) in [7, 11) is 0. The van der Waals surface area contributed by atoms with E-state index >= 15 is 0 Å². The number of hydrogen-bond donors (Lipinski definition) is 1. The molecule has 4 heterocycles. The van der Waals surface area contributed by atoms with E-state index in [1.807, 2.05) is 71.6 Å². The number of para-hydroxylation sites is 2. The van der Waals surface area contributed by atoms with Gasteiger partial charge in [0.05, 0.1) is 23.0 Å². The Kier molecular flexibility index (Phi) is 5.35. The van der Waals surface area contributed by atoms with Crippen LogP contribution in [0.1, 0.15) is 16.1 Å². The number of carbonyl (C=O) groups excluding carboxylic acids is 1. The Morgan fingerprint density at radius 1 is 0.912 bits per heavy atom. The summed E-state index contributed by atoms with van der Waals surface area (Å²) in [5, 5.41) is 0.714. The number of carbonyl (C=O) groups is 1. The molecule has 1 saturated heterocycles. The van der Waals surface area contributed by atoms with E-state index < -0.39 is 0 Å². The van der Waals surface area contributed by atoms with E-state index in [1.165, 1.54) is 11.3 Å². The maximum Gasteiger partial charge on any atom is 0.266 e. The average Bonchev–Trinajstić information content (AvgIpc) is 3.61. The largest absolute Gasteiger partial charge is 0.462 e. The van der Waals surface area contributed by atoms with Gasteiger partial charge in [-0.2, -0.15) is 0 Å². The molecule has 8 heteroatoms. The molecule has 1 amide bonds. The lowest BCUT2D eigenvalue weighted by molar-refractivity contribution is 0.0772. The Hall–Kier alpha value is -3.91. The lowest BCUT2D eigenvalue weighted by atomic mass is 10.1. The van der Waals surface area contributed by atoms with Crippen LogP contribution in [0, 0.1) is 0 Å². The topological polar surface area (TPSA) is 78.3 Å². The smallest absolute Gasteiger partial charge is 0.266 e. The molecule has 0 atom stereocenters. The number of nitrogens with one attached hydrogen (secondary N) is 1. The van der Waals surface area contributed by atoms with E-state index in [-0.39, 0.29) is 5.91 Å². The van der Waals surface area contributed by atoms with Crippen LogP contribution < -0.4 is 4.90 Å². The molecule has 34 heavy (non-hydrogen) atoms. The summed E-state index contributed by atoms with van der Waals surface area (Å²) in [5.74, 6) is 1.55. The quantitative estimate of drug-likeness (QED) is 0.387. The molecule has 3 aromatic heterocycles. The summed E-state index contributed by atoms with van der Waals surface area (Å²) in [5.41, 5.74) is 3.62. The van der Waals surface area contributed by atoms with Crippen molar-refractivity contribution in [3.8, 4) is 22.0 Å². The zero-order valence-corrected chi connectivity index (χ0v) is 19.3. The molecule has 5 aromatic rings. The second kappa shape index (κ2) is 8.79. The van der Waals surface area contributed by atoms with Crippen LogP contribution in [0.25, 0.3) is 33.1 Å². The van der Waals surface area contributed by atoms with Crippen molar-refractivity contribution in [3.63, 3.8) is 0 Å². The van der Waals surface area contributed by atoms with Crippen molar-refractivity contribution >= 4 is 34.2 Å². The Balaban J connectivity index is 1.27. The highest BCUT2D eigenvalue weighted by molar-refractivity contribution is 7.17. The third-order valence-electron chi connectivity index (χ3n) is 6.06. The first-order chi connectivity index (χ1) is 16.8. The molecule has 1 aliphatic rings. The predicted molar refractivity (Wildman–Crippen MR) is 134 cm³/mol. The van der Waals surface area contributed by atoms with E-state index in [9.17, 15) is 4.79 Å². The van der Waals surface area contributed by atoms with Gasteiger partial charge in [-0.05, 0) is 30.7 Å². The number of fused-ring (bicyclic) bond motifs is 1. The highest BCUT2D eigenvalue weighted by Crippen LogP contribution is 2.35. The van der Waals surface area contributed by atoms with Gasteiger partial charge in [-0.25, -0.2) is 9.97 Å². The predicted octanol–water partition coefficient (Wildman–Crippen LogP) is 5.30. The number of aromatic amines is 1. The van der Waals surface area contributed by atoms with Crippen LogP contribution >= 0.6 is 11.3 Å². The summed E-state index contributed by atoms with van der Waals surface area (Å²) in [6.45, 7) is 2.88. The Labute approximate surface area is 200 Å². The molecular formula is C26H23N5O2S. The minimum atomic E-state index is 0.0145. The number of thiazole rings is 1. The number of amides is 1. The molecule has 2 aromatic carbocycles. The average molecular weight is 470 g/mol. The van der Waals surface area contributed by atoms with Crippen molar-refractivity contribution in [3.05, 3.63) is 77.9 Å². The van der Waals surface area contributed by atoms with Crippen LogP contribution in [0.15, 0.2) is 77.4 Å². The first-order valence-corrected chi connectivity index (χ1v) is 12.2. The number of imidazole rings is 1. The molecule has 7 nitrogen and oxygen atoms in total. The standard InChI is InChI=1S/C26H23N5O2S/c32-25(23-22(18-8-2-1-3-9-18)29-24(34-23)21-12-6-17-33-21)30-13-7-14-31(16-15-30)26-27-19-10-4-5-11-20(19)28-26/h1-6,8-12,17H,7,13-16H2,(H,27,28). The van der Waals surface area contributed by atoms with Crippen LogP contribution in [0.5, 0.6) is 0 Å². The molecule has 0 spiro atoms. The Morgan fingerprint density at radius 3 is 2.59 bits per heavy atom. The van der Waals surface area contributed by atoms with Crippen molar-refractivity contribution in [2.45, 2.75) is 6.42 Å².